The lowest BCUT2D eigenvalue weighted by atomic mass is 10.4. The van der Waals surface area contributed by atoms with Gasteiger partial charge in [-0.2, -0.15) is 5.10 Å². The molecule has 0 unspecified atom stereocenters. The van der Waals surface area contributed by atoms with Crippen molar-refractivity contribution in [1.29, 1.82) is 0 Å². The molecule has 98 valence electrons. The molecule has 0 aliphatic carbocycles. The van der Waals surface area contributed by atoms with Crippen LogP contribution in [0.15, 0.2) is 26.4 Å². The molecule has 0 amide bonds. The van der Waals surface area contributed by atoms with E-state index in [2.05, 4.69) is 31.2 Å². The van der Waals surface area contributed by atoms with Gasteiger partial charge >= 0.3 is 0 Å². The molecule has 3 heterocycles. The van der Waals surface area contributed by atoms with E-state index in [-0.39, 0.29) is 0 Å². The van der Waals surface area contributed by atoms with Crippen LogP contribution >= 0.6 is 27.3 Å². The Morgan fingerprint density at radius 3 is 2.79 bits per heavy atom. The van der Waals surface area contributed by atoms with Crippen molar-refractivity contribution in [3.8, 4) is 10.8 Å². The molecule has 0 N–H and O–H groups in total. The fraction of sp³-hybridized carbons (Fsp3) is 0.250. The van der Waals surface area contributed by atoms with E-state index in [9.17, 15) is 0 Å². The molecule has 0 saturated carbocycles. The van der Waals surface area contributed by atoms with Crippen LogP contribution in [0.25, 0.3) is 10.8 Å². The van der Waals surface area contributed by atoms with Gasteiger partial charge in [0.25, 0.3) is 5.89 Å². The Balaban J connectivity index is 1.84. The first-order valence-corrected chi connectivity index (χ1v) is 7.32. The van der Waals surface area contributed by atoms with Gasteiger partial charge in [-0.1, -0.05) is 0 Å². The zero-order chi connectivity index (χ0) is 13.4. The zero-order valence-electron chi connectivity index (χ0n) is 10.4. The third-order valence-corrected chi connectivity index (χ3v) is 4.25. The highest BCUT2D eigenvalue weighted by molar-refractivity contribution is 9.11. The van der Waals surface area contributed by atoms with E-state index in [1.54, 1.807) is 11.3 Å². The van der Waals surface area contributed by atoms with E-state index < -0.39 is 0 Å². The Labute approximate surface area is 122 Å². The van der Waals surface area contributed by atoms with Crippen molar-refractivity contribution in [2.45, 2.75) is 20.4 Å². The molecular weight excluding hydrogens is 328 g/mol. The molecule has 5 nitrogen and oxygen atoms in total. The lowest BCUT2D eigenvalue weighted by Crippen LogP contribution is -2.04. The molecule has 19 heavy (non-hydrogen) atoms. The highest BCUT2D eigenvalue weighted by atomic mass is 79.9. The second-order valence-electron chi connectivity index (χ2n) is 4.19. The molecule has 0 saturated heterocycles. The molecule has 0 radical (unpaired) electrons. The number of aromatic nitrogens is 4. The number of hydrogen-bond acceptors (Lipinski definition) is 5. The molecule has 0 fully saturated rings. The number of thiophene rings is 1. The minimum atomic E-state index is 0.499. The molecular formula is C12H11BrN4OS. The molecule has 0 aromatic carbocycles. The van der Waals surface area contributed by atoms with E-state index in [4.69, 9.17) is 4.42 Å². The van der Waals surface area contributed by atoms with Crippen LogP contribution in [0.1, 0.15) is 17.3 Å². The number of aryl methyl sites for hydroxylation is 2. The van der Waals surface area contributed by atoms with Crippen LogP contribution < -0.4 is 0 Å². The summed E-state index contributed by atoms with van der Waals surface area (Å²) in [6.07, 6.45) is 0. The van der Waals surface area contributed by atoms with Gasteiger partial charge in [-0.15, -0.1) is 21.5 Å². The molecule has 7 heteroatoms. The van der Waals surface area contributed by atoms with Gasteiger partial charge in [0.1, 0.15) is 6.54 Å². The molecule has 0 aliphatic heterocycles. The second kappa shape index (κ2) is 4.90. The minimum absolute atomic E-state index is 0.499. The minimum Gasteiger partial charge on any atom is -0.418 e. The quantitative estimate of drug-likeness (QED) is 0.734. The number of rotatable bonds is 3. The van der Waals surface area contributed by atoms with Crippen molar-refractivity contribution >= 4 is 27.3 Å². The fourth-order valence-electron chi connectivity index (χ4n) is 1.81. The summed E-state index contributed by atoms with van der Waals surface area (Å²) in [5.74, 6) is 1.11. The lowest BCUT2D eigenvalue weighted by Gasteiger charge is -1.98. The van der Waals surface area contributed by atoms with E-state index >= 15 is 0 Å². The summed E-state index contributed by atoms with van der Waals surface area (Å²) >= 11 is 4.98. The Bertz CT molecular complexity index is 715. The maximum absolute atomic E-state index is 5.66. The summed E-state index contributed by atoms with van der Waals surface area (Å²) in [6.45, 7) is 4.47. The highest BCUT2D eigenvalue weighted by Gasteiger charge is 2.12. The number of halogens is 1. The van der Waals surface area contributed by atoms with Crippen molar-refractivity contribution in [1.82, 2.24) is 20.0 Å². The van der Waals surface area contributed by atoms with Gasteiger partial charge < -0.3 is 4.42 Å². The van der Waals surface area contributed by atoms with Gasteiger partial charge in [0.2, 0.25) is 5.89 Å². The van der Waals surface area contributed by atoms with Gasteiger partial charge in [0.15, 0.2) is 0 Å². The summed E-state index contributed by atoms with van der Waals surface area (Å²) in [6, 6.07) is 5.94. The predicted molar refractivity (Wildman–Crippen MR) is 76.1 cm³/mol. The monoisotopic (exact) mass is 338 g/mol. The second-order valence-corrected chi connectivity index (χ2v) is 6.65. The van der Waals surface area contributed by atoms with Crippen LogP contribution in [0.5, 0.6) is 0 Å². The standard InChI is InChI=1S/C12H11BrN4OS/c1-7-5-8(2)17(16-7)6-11-14-15-12(18-11)9-3-4-10(13)19-9/h3-5H,6H2,1-2H3. The number of nitrogens with zero attached hydrogens (tertiary/aromatic N) is 4. The van der Waals surface area contributed by atoms with Crippen molar-refractivity contribution in [3.05, 3.63) is 39.3 Å². The highest BCUT2D eigenvalue weighted by Crippen LogP contribution is 2.30. The average Bonchev–Trinajstić information content (AvgIpc) is 3.02. The molecule has 0 aliphatic rings. The van der Waals surface area contributed by atoms with E-state index in [0.717, 1.165) is 20.1 Å². The normalized spacial score (nSPS) is 11.1. The van der Waals surface area contributed by atoms with E-state index in [0.29, 0.717) is 18.3 Å². The maximum atomic E-state index is 5.66. The first kappa shape index (κ1) is 12.6. The summed E-state index contributed by atoms with van der Waals surface area (Å²) in [4.78, 5) is 0.957. The summed E-state index contributed by atoms with van der Waals surface area (Å²) in [7, 11) is 0. The van der Waals surface area contributed by atoms with Crippen LogP contribution in [0.3, 0.4) is 0 Å². The first-order chi connectivity index (χ1) is 9.11. The molecule has 0 atom stereocenters. The van der Waals surface area contributed by atoms with Crippen LogP contribution in [-0.4, -0.2) is 20.0 Å². The Morgan fingerprint density at radius 2 is 2.16 bits per heavy atom. The van der Waals surface area contributed by atoms with Crippen molar-refractivity contribution in [2.24, 2.45) is 0 Å². The van der Waals surface area contributed by atoms with Gasteiger partial charge in [-0.3, -0.25) is 4.68 Å². The topological polar surface area (TPSA) is 56.7 Å². The molecule has 3 rings (SSSR count). The van der Waals surface area contributed by atoms with Gasteiger partial charge in [-0.05, 0) is 48.0 Å². The summed E-state index contributed by atoms with van der Waals surface area (Å²) in [5, 5.41) is 12.5. The van der Waals surface area contributed by atoms with Crippen molar-refractivity contribution < 1.29 is 4.42 Å². The van der Waals surface area contributed by atoms with Crippen LogP contribution in [0, 0.1) is 13.8 Å². The van der Waals surface area contributed by atoms with E-state index in [1.807, 2.05) is 36.7 Å². The molecule has 0 bridgehead atoms. The van der Waals surface area contributed by atoms with E-state index in [1.165, 1.54) is 0 Å². The van der Waals surface area contributed by atoms with Crippen LogP contribution in [-0.2, 0) is 6.54 Å². The van der Waals surface area contributed by atoms with Gasteiger partial charge in [-0.25, -0.2) is 0 Å². The SMILES string of the molecule is Cc1cc(C)n(Cc2nnc(-c3ccc(Br)s3)o2)n1. The predicted octanol–water partition coefficient (Wildman–Crippen LogP) is 3.42. The number of hydrogen-bond donors (Lipinski definition) is 0. The third-order valence-electron chi connectivity index (χ3n) is 2.64. The maximum Gasteiger partial charge on any atom is 0.257 e. The third kappa shape index (κ3) is 2.62. The lowest BCUT2D eigenvalue weighted by molar-refractivity contribution is 0.470. The zero-order valence-corrected chi connectivity index (χ0v) is 12.8. The summed E-state index contributed by atoms with van der Waals surface area (Å²) in [5.41, 5.74) is 2.07. The smallest absolute Gasteiger partial charge is 0.257 e. The molecule has 0 spiro atoms. The summed E-state index contributed by atoms with van der Waals surface area (Å²) < 4.78 is 8.56. The van der Waals surface area contributed by atoms with Gasteiger partial charge in [0.05, 0.1) is 14.4 Å². The van der Waals surface area contributed by atoms with Crippen molar-refractivity contribution in [2.75, 3.05) is 0 Å². The Hall–Kier alpha value is -1.47. The molecule has 3 aromatic heterocycles. The average molecular weight is 339 g/mol. The van der Waals surface area contributed by atoms with Crippen LogP contribution in [0.2, 0.25) is 0 Å². The Morgan fingerprint density at radius 1 is 1.32 bits per heavy atom. The van der Waals surface area contributed by atoms with Gasteiger partial charge in [0, 0.05) is 5.69 Å². The first-order valence-electron chi connectivity index (χ1n) is 5.71. The Kier molecular flexibility index (Phi) is 3.24. The largest absolute Gasteiger partial charge is 0.418 e. The van der Waals surface area contributed by atoms with Crippen molar-refractivity contribution in [3.63, 3.8) is 0 Å². The fourth-order valence-corrected chi connectivity index (χ4v) is 3.12. The van der Waals surface area contributed by atoms with Crippen LogP contribution in [0.4, 0.5) is 0 Å². The molecule has 3 aromatic rings.